The lowest BCUT2D eigenvalue weighted by atomic mass is 10.00. The summed E-state index contributed by atoms with van der Waals surface area (Å²) >= 11 is 0. The molecule has 0 fully saturated rings. The van der Waals surface area contributed by atoms with E-state index in [1.165, 1.54) is 21.2 Å². The Hall–Kier alpha value is -3.75. The van der Waals surface area contributed by atoms with E-state index in [0.29, 0.717) is 30.9 Å². The average molecular weight is 392 g/mol. The molecule has 1 aliphatic heterocycles. The normalized spacial score (nSPS) is 13.1. The maximum atomic E-state index is 12.7. The molecule has 1 aliphatic rings. The summed E-state index contributed by atoms with van der Waals surface area (Å²) < 4.78 is 1.31. The fraction of sp³-hybridized carbons (Fsp3) is 0.250. The van der Waals surface area contributed by atoms with E-state index >= 15 is 0 Å². The molecule has 2 aromatic heterocycles. The maximum absolute atomic E-state index is 12.7. The van der Waals surface area contributed by atoms with Crippen molar-refractivity contribution in [2.75, 3.05) is 11.9 Å². The standard InChI is InChI=1S/C20H20N6O3/c1-12-10-17(27)23-20(21-12)26-16(9-13(2)24-26)22-18(28)19(29)25-8-7-14-5-3-4-6-15(14)11-25/h3-6,9-10H,7-8,11H2,1-2H3,(H,22,28)(H,21,23,27). The van der Waals surface area contributed by atoms with Crippen LogP contribution in [-0.2, 0) is 22.6 Å². The van der Waals surface area contributed by atoms with Gasteiger partial charge in [-0.15, -0.1) is 0 Å². The highest BCUT2D eigenvalue weighted by molar-refractivity contribution is 6.39. The van der Waals surface area contributed by atoms with E-state index in [2.05, 4.69) is 20.4 Å². The molecule has 0 bridgehead atoms. The van der Waals surface area contributed by atoms with Crippen molar-refractivity contribution in [2.24, 2.45) is 0 Å². The summed E-state index contributed by atoms with van der Waals surface area (Å²) in [5, 5.41) is 6.86. The van der Waals surface area contributed by atoms with Crippen molar-refractivity contribution in [1.29, 1.82) is 0 Å². The Morgan fingerprint density at radius 1 is 1.10 bits per heavy atom. The van der Waals surface area contributed by atoms with Crippen LogP contribution in [0, 0.1) is 13.8 Å². The first-order valence-electron chi connectivity index (χ1n) is 9.23. The molecule has 0 saturated carbocycles. The first-order chi connectivity index (χ1) is 13.9. The number of H-pyrrole nitrogens is 1. The van der Waals surface area contributed by atoms with Crippen LogP contribution in [0.4, 0.5) is 5.82 Å². The number of aryl methyl sites for hydroxylation is 2. The zero-order valence-electron chi connectivity index (χ0n) is 16.1. The molecular formula is C20H20N6O3. The summed E-state index contributed by atoms with van der Waals surface area (Å²) in [7, 11) is 0. The summed E-state index contributed by atoms with van der Waals surface area (Å²) in [6.07, 6.45) is 0.709. The molecule has 0 aliphatic carbocycles. The Balaban J connectivity index is 1.55. The van der Waals surface area contributed by atoms with Crippen LogP contribution in [0.25, 0.3) is 5.95 Å². The van der Waals surface area contributed by atoms with Gasteiger partial charge in [0.2, 0.25) is 5.95 Å². The molecule has 0 unspecified atom stereocenters. The largest absolute Gasteiger partial charge is 0.330 e. The summed E-state index contributed by atoms with van der Waals surface area (Å²) in [6.45, 7) is 4.30. The van der Waals surface area contributed by atoms with Gasteiger partial charge in [-0.2, -0.15) is 9.78 Å². The third-order valence-corrected chi connectivity index (χ3v) is 4.74. The van der Waals surface area contributed by atoms with Gasteiger partial charge in [-0.1, -0.05) is 24.3 Å². The number of anilines is 1. The number of aromatic nitrogens is 4. The number of rotatable bonds is 2. The highest BCUT2D eigenvalue weighted by atomic mass is 16.2. The average Bonchev–Trinajstić information content (AvgIpc) is 3.06. The zero-order chi connectivity index (χ0) is 20.5. The SMILES string of the molecule is Cc1cc(=O)[nH]c(-n2nc(C)cc2NC(=O)C(=O)N2CCc3ccccc3C2)n1. The van der Waals surface area contributed by atoms with Crippen LogP contribution >= 0.6 is 0 Å². The Morgan fingerprint density at radius 3 is 2.62 bits per heavy atom. The smallest absolute Gasteiger partial charge is 0.315 e. The van der Waals surface area contributed by atoms with Gasteiger partial charge in [-0.25, -0.2) is 4.98 Å². The van der Waals surface area contributed by atoms with Gasteiger partial charge >= 0.3 is 11.8 Å². The second-order valence-corrected chi connectivity index (χ2v) is 6.99. The number of nitrogens with one attached hydrogen (secondary N) is 2. The molecule has 0 spiro atoms. The molecule has 1 aromatic carbocycles. The summed E-state index contributed by atoms with van der Waals surface area (Å²) in [4.78, 5) is 45.4. The Kier molecular flexibility index (Phi) is 4.71. The number of carbonyl (C=O) groups excluding carboxylic acids is 2. The van der Waals surface area contributed by atoms with E-state index in [-0.39, 0.29) is 17.3 Å². The highest BCUT2D eigenvalue weighted by Gasteiger charge is 2.26. The van der Waals surface area contributed by atoms with Gasteiger partial charge in [-0.05, 0) is 31.4 Å². The molecule has 9 nitrogen and oxygen atoms in total. The van der Waals surface area contributed by atoms with E-state index in [1.807, 2.05) is 24.3 Å². The fourth-order valence-corrected chi connectivity index (χ4v) is 3.40. The van der Waals surface area contributed by atoms with Crippen molar-refractivity contribution in [3.05, 3.63) is 69.3 Å². The molecule has 148 valence electrons. The zero-order valence-corrected chi connectivity index (χ0v) is 16.1. The highest BCUT2D eigenvalue weighted by Crippen LogP contribution is 2.19. The number of amides is 2. The predicted molar refractivity (Wildman–Crippen MR) is 106 cm³/mol. The van der Waals surface area contributed by atoms with Crippen LogP contribution in [0.1, 0.15) is 22.5 Å². The van der Waals surface area contributed by atoms with Gasteiger partial charge in [0.1, 0.15) is 5.82 Å². The van der Waals surface area contributed by atoms with Gasteiger partial charge in [0.15, 0.2) is 0 Å². The second kappa shape index (κ2) is 7.34. The summed E-state index contributed by atoms with van der Waals surface area (Å²) in [5.41, 5.74) is 3.02. The molecule has 0 radical (unpaired) electrons. The lowest BCUT2D eigenvalue weighted by Crippen LogP contribution is -2.42. The van der Waals surface area contributed by atoms with Crippen LogP contribution in [0.3, 0.4) is 0 Å². The molecule has 2 amide bonds. The van der Waals surface area contributed by atoms with Crippen molar-refractivity contribution in [3.8, 4) is 5.95 Å². The Labute approximate surface area is 166 Å². The fourth-order valence-electron chi connectivity index (χ4n) is 3.40. The van der Waals surface area contributed by atoms with E-state index in [1.54, 1.807) is 19.9 Å². The van der Waals surface area contributed by atoms with Crippen molar-refractivity contribution in [3.63, 3.8) is 0 Å². The number of fused-ring (bicyclic) bond motifs is 1. The minimum absolute atomic E-state index is 0.165. The maximum Gasteiger partial charge on any atom is 0.315 e. The predicted octanol–water partition coefficient (Wildman–Crippen LogP) is 1.10. The first-order valence-corrected chi connectivity index (χ1v) is 9.23. The van der Waals surface area contributed by atoms with Crippen LogP contribution in [-0.4, -0.2) is 43.0 Å². The quantitative estimate of drug-likeness (QED) is 0.634. The molecule has 0 atom stereocenters. The van der Waals surface area contributed by atoms with Crippen LogP contribution in [0.2, 0.25) is 0 Å². The molecule has 4 rings (SSSR count). The lowest BCUT2D eigenvalue weighted by Gasteiger charge is -2.28. The monoisotopic (exact) mass is 392 g/mol. The van der Waals surface area contributed by atoms with Crippen LogP contribution < -0.4 is 10.9 Å². The first kappa shape index (κ1) is 18.6. The topological polar surface area (TPSA) is 113 Å². The van der Waals surface area contributed by atoms with Crippen LogP contribution in [0.5, 0.6) is 0 Å². The van der Waals surface area contributed by atoms with E-state index in [0.717, 1.165) is 5.56 Å². The van der Waals surface area contributed by atoms with E-state index in [9.17, 15) is 14.4 Å². The third kappa shape index (κ3) is 3.79. The van der Waals surface area contributed by atoms with E-state index < -0.39 is 11.8 Å². The second-order valence-electron chi connectivity index (χ2n) is 6.99. The minimum atomic E-state index is -0.763. The lowest BCUT2D eigenvalue weighted by molar-refractivity contribution is -0.143. The Morgan fingerprint density at radius 2 is 1.86 bits per heavy atom. The van der Waals surface area contributed by atoms with Gasteiger partial charge in [0.25, 0.3) is 5.56 Å². The Bertz CT molecular complexity index is 1160. The molecule has 3 aromatic rings. The van der Waals surface area contributed by atoms with Gasteiger partial charge in [0.05, 0.1) is 5.69 Å². The van der Waals surface area contributed by atoms with Crippen molar-refractivity contribution >= 4 is 17.6 Å². The minimum Gasteiger partial charge on any atom is -0.330 e. The van der Waals surface area contributed by atoms with Gasteiger partial charge < -0.3 is 10.2 Å². The van der Waals surface area contributed by atoms with Crippen molar-refractivity contribution in [2.45, 2.75) is 26.8 Å². The molecule has 3 heterocycles. The number of hydrogen-bond donors (Lipinski definition) is 2. The number of benzene rings is 1. The van der Waals surface area contributed by atoms with E-state index in [4.69, 9.17) is 0 Å². The molecule has 0 saturated heterocycles. The van der Waals surface area contributed by atoms with Gasteiger partial charge in [0, 0.05) is 30.9 Å². The van der Waals surface area contributed by atoms with Crippen molar-refractivity contribution < 1.29 is 9.59 Å². The molecule has 2 N–H and O–H groups in total. The number of aromatic amines is 1. The van der Waals surface area contributed by atoms with Crippen molar-refractivity contribution in [1.82, 2.24) is 24.6 Å². The summed E-state index contributed by atoms with van der Waals surface area (Å²) in [6, 6.07) is 10.9. The van der Waals surface area contributed by atoms with Gasteiger partial charge in [-0.3, -0.25) is 19.4 Å². The van der Waals surface area contributed by atoms with Crippen LogP contribution in [0.15, 0.2) is 41.2 Å². The molecular weight excluding hydrogens is 372 g/mol. The third-order valence-electron chi connectivity index (χ3n) is 4.74. The number of hydrogen-bond acceptors (Lipinski definition) is 5. The summed E-state index contributed by atoms with van der Waals surface area (Å²) in [5.74, 6) is -0.958. The molecule has 29 heavy (non-hydrogen) atoms. The number of nitrogens with zero attached hydrogens (tertiary/aromatic N) is 4. The molecule has 9 heteroatoms. The number of carbonyl (C=O) groups is 2.